The van der Waals surface area contributed by atoms with Crippen molar-refractivity contribution < 1.29 is 8.42 Å². The molecule has 1 atom stereocenters. The third kappa shape index (κ3) is 2.42. The average Bonchev–Trinajstić information content (AvgIpc) is 2.98. The first-order valence-corrected chi connectivity index (χ1v) is 9.51. The molecule has 25 heavy (non-hydrogen) atoms. The molecule has 4 rings (SSSR count). The SMILES string of the molecule is CC1=C2N=NC(C)N2c2ccccc2S(=O)(=O)N1Cc1ccccc1. The number of hydrogen-bond acceptors (Lipinski definition) is 5. The van der Waals surface area contributed by atoms with E-state index in [0.29, 0.717) is 17.2 Å². The molecular weight excluding hydrogens is 336 g/mol. The van der Waals surface area contributed by atoms with E-state index in [1.54, 1.807) is 25.1 Å². The molecule has 0 aromatic heterocycles. The Bertz CT molecular complexity index is 983. The van der Waals surface area contributed by atoms with Gasteiger partial charge in [-0.15, -0.1) is 5.11 Å². The highest BCUT2D eigenvalue weighted by Gasteiger charge is 2.39. The quantitative estimate of drug-likeness (QED) is 0.826. The number of benzene rings is 2. The lowest BCUT2D eigenvalue weighted by Crippen LogP contribution is -2.29. The van der Waals surface area contributed by atoms with Gasteiger partial charge in [-0.3, -0.25) is 9.21 Å². The second kappa shape index (κ2) is 5.70. The zero-order chi connectivity index (χ0) is 17.6. The van der Waals surface area contributed by atoms with E-state index in [-0.39, 0.29) is 17.6 Å². The van der Waals surface area contributed by atoms with Crippen molar-refractivity contribution in [3.63, 3.8) is 0 Å². The second-order valence-corrected chi connectivity index (χ2v) is 7.92. The summed E-state index contributed by atoms with van der Waals surface area (Å²) in [5.74, 6) is 0.581. The van der Waals surface area contributed by atoms with Crippen LogP contribution in [-0.4, -0.2) is 18.9 Å². The minimum Gasteiger partial charge on any atom is -0.298 e. The Morgan fingerprint density at radius 2 is 1.72 bits per heavy atom. The number of nitrogens with zero attached hydrogens (tertiary/aromatic N) is 4. The van der Waals surface area contributed by atoms with Crippen LogP contribution in [0.2, 0.25) is 0 Å². The minimum atomic E-state index is -3.70. The highest BCUT2D eigenvalue weighted by atomic mass is 32.2. The summed E-state index contributed by atoms with van der Waals surface area (Å²) in [5, 5.41) is 8.49. The van der Waals surface area contributed by atoms with Crippen LogP contribution >= 0.6 is 0 Å². The van der Waals surface area contributed by atoms with Crippen LogP contribution in [0.5, 0.6) is 0 Å². The maximum absolute atomic E-state index is 13.4. The van der Waals surface area contributed by atoms with Crippen LogP contribution in [0.3, 0.4) is 0 Å². The predicted octanol–water partition coefficient (Wildman–Crippen LogP) is 3.70. The van der Waals surface area contributed by atoms with E-state index in [9.17, 15) is 8.42 Å². The summed E-state index contributed by atoms with van der Waals surface area (Å²) < 4.78 is 28.2. The van der Waals surface area contributed by atoms with Crippen molar-refractivity contribution in [2.24, 2.45) is 10.2 Å². The normalized spacial score (nSPS) is 21.1. The molecule has 2 aliphatic heterocycles. The molecule has 2 heterocycles. The van der Waals surface area contributed by atoms with Crippen LogP contribution in [0.4, 0.5) is 5.69 Å². The number of sulfonamides is 1. The van der Waals surface area contributed by atoms with Crippen molar-refractivity contribution >= 4 is 15.7 Å². The molecule has 0 amide bonds. The lowest BCUT2D eigenvalue weighted by atomic mass is 10.2. The average molecular weight is 354 g/mol. The predicted molar refractivity (Wildman–Crippen MR) is 95.1 cm³/mol. The summed E-state index contributed by atoms with van der Waals surface area (Å²) in [7, 11) is -3.70. The number of allylic oxidation sites excluding steroid dienone is 1. The highest BCUT2D eigenvalue weighted by molar-refractivity contribution is 7.89. The Morgan fingerprint density at radius 3 is 2.48 bits per heavy atom. The number of rotatable bonds is 2. The molecule has 0 saturated heterocycles. The number of azo groups is 1. The molecule has 1 unspecified atom stereocenters. The molecule has 0 bridgehead atoms. The van der Waals surface area contributed by atoms with Gasteiger partial charge in [0.15, 0.2) is 5.82 Å². The van der Waals surface area contributed by atoms with Crippen molar-refractivity contribution in [3.8, 4) is 0 Å². The van der Waals surface area contributed by atoms with Crippen LogP contribution in [0, 0.1) is 0 Å². The Kier molecular flexibility index (Phi) is 3.61. The molecule has 6 nitrogen and oxygen atoms in total. The maximum atomic E-state index is 13.4. The molecule has 0 aliphatic carbocycles. The van der Waals surface area contributed by atoms with Gasteiger partial charge in [-0.05, 0) is 31.5 Å². The van der Waals surface area contributed by atoms with Gasteiger partial charge in [-0.2, -0.15) is 5.11 Å². The number of fused-ring (bicyclic) bond motifs is 3. The molecule has 0 radical (unpaired) electrons. The van der Waals surface area contributed by atoms with Crippen LogP contribution in [0.1, 0.15) is 19.4 Å². The first-order chi connectivity index (χ1) is 12.0. The van der Waals surface area contributed by atoms with E-state index >= 15 is 0 Å². The Morgan fingerprint density at radius 1 is 1.04 bits per heavy atom. The number of para-hydroxylation sites is 1. The molecular formula is C18H18N4O2S. The standard InChI is InChI=1S/C18H18N4O2S/c1-13-18-20-19-14(2)22(18)16-10-6-7-11-17(16)25(23,24)21(13)12-15-8-4-3-5-9-15/h3-11,14H,12H2,1-2H3. The zero-order valence-corrected chi connectivity index (χ0v) is 14.8. The molecule has 7 heteroatoms. The first-order valence-electron chi connectivity index (χ1n) is 8.07. The van der Waals surface area contributed by atoms with E-state index in [0.717, 1.165) is 5.56 Å². The zero-order valence-electron chi connectivity index (χ0n) is 14.0. The molecule has 2 aromatic carbocycles. The Balaban J connectivity index is 1.94. The summed E-state index contributed by atoms with van der Waals surface area (Å²) in [6.07, 6.45) is -0.238. The molecule has 2 aromatic rings. The summed E-state index contributed by atoms with van der Waals surface area (Å²) in [6.45, 7) is 3.94. The second-order valence-electron chi connectivity index (χ2n) is 6.09. The first kappa shape index (κ1) is 15.8. The van der Waals surface area contributed by atoms with Crippen LogP contribution in [0.15, 0.2) is 81.2 Å². The summed E-state index contributed by atoms with van der Waals surface area (Å²) in [6, 6.07) is 16.6. The van der Waals surface area contributed by atoms with Gasteiger partial charge in [0.1, 0.15) is 11.1 Å². The van der Waals surface area contributed by atoms with Crippen LogP contribution in [-0.2, 0) is 16.6 Å². The van der Waals surface area contributed by atoms with E-state index in [4.69, 9.17) is 0 Å². The van der Waals surface area contributed by atoms with E-state index in [1.807, 2.05) is 48.2 Å². The third-order valence-corrected chi connectivity index (χ3v) is 6.37. The van der Waals surface area contributed by atoms with Gasteiger partial charge in [0.2, 0.25) is 0 Å². The van der Waals surface area contributed by atoms with Crippen LogP contribution in [0.25, 0.3) is 0 Å². The molecule has 0 spiro atoms. The van der Waals surface area contributed by atoms with Gasteiger partial charge in [-0.25, -0.2) is 8.42 Å². The maximum Gasteiger partial charge on any atom is 0.266 e. The topological polar surface area (TPSA) is 65.3 Å². The summed E-state index contributed by atoms with van der Waals surface area (Å²) in [5.41, 5.74) is 2.11. The van der Waals surface area contributed by atoms with Gasteiger partial charge < -0.3 is 0 Å². The fourth-order valence-corrected chi connectivity index (χ4v) is 4.89. The highest BCUT2D eigenvalue weighted by Crippen LogP contribution is 2.41. The molecule has 0 saturated carbocycles. The van der Waals surface area contributed by atoms with Gasteiger partial charge in [0, 0.05) is 0 Å². The van der Waals surface area contributed by atoms with Crippen molar-refractivity contribution in [2.45, 2.75) is 31.5 Å². The molecule has 0 N–H and O–H groups in total. The number of hydrogen-bond donors (Lipinski definition) is 0. The monoisotopic (exact) mass is 354 g/mol. The molecule has 2 aliphatic rings. The van der Waals surface area contributed by atoms with Gasteiger partial charge in [0.05, 0.1) is 17.9 Å². The Labute approximate surface area is 147 Å². The Hall–Kier alpha value is -2.67. The largest absolute Gasteiger partial charge is 0.298 e. The van der Waals surface area contributed by atoms with E-state index < -0.39 is 10.0 Å². The van der Waals surface area contributed by atoms with Crippen molar-refractivity contribution in [3.05, 3.63) is 71.7 Å². The number of anilines is 1. The lowest BCUT2D eigenvalue weighted by Gasteiger charge is -2.24. The van der Waals surface area contributed by atoms with Crippen molar-refractivity contribution in [1.29, 1.82) is 0 Å². The van der Waals surface area contributed by atoms with Crippen molar-refractivity contribution in [2.75, 3.05) is 4.90 Å². The minimum absolute atomic E-state index is 0.238. The smallest absolute Gasteiger partial charge is 0.266 e. The van der Waals surface area contributed by atoms with E-state index in [2.05, 4.69) is 10.2 Å². The van der Waals surface area contributed by atoms with Crippen LogP contribution < -0.4 is 4.90 Å². The summed E-state index contributed by atoms with van der Waals surface area (Å²) >= 11 is 0. The molecule has 0 fully saturated rings. The molecule has 128 valence electrons. The fourth-order valence-electron chi connectivity index (χ4n) is 3.21. The lowest BCUT2D eigenvalue weighted by molar-refractivity contribution is 0.470. The third-order valence-electron chi connectivity index (χ3n) is 4.48. The van der Waals surface area contributed by atoms with Crippen molar-refractivity contribution in [1.82, 2.24) is 4.31 Å². The fraction of sp³-hybridized carbons (Fsp3) is 0.222. The van der Waals surface area contributed by atoms with E-state index in [1.165, 1.54) is 4.31 Å². The van der Waals surface area contributed by atoms with Gasteiger partial charge >= 0.3 is 0 Å². The van der Waals surface area contributed by atoms with Gasteiger partial charge in [0.25, 0.3) is 10.0 Å². The summed E-state index contributed by atoms with van der Waals surface area (Å²) in [4.78, 5) is 2.16. The van der Waals surface area contributed by atoms with Gasteiger partial charge in [-0.1, -0.05) is 42.5 Å².